The standard InChI is InChI=1S/C27H22FN3O/c1-18-7-11-21(12-8-18)25-17-31-26(23(29-25)15-19-5-3-2-4-6-19)30-24(27(31)32)16-20-9-13-22(28)14-10-20/h2-14,17,29H,15-16H2,1H3. The highest BCUT2D eigenvalue weighted by atomic mass is 19.1. The average molecular weight is 423 g/mol. The number of H-pyrrole nitrogens is 1. The zero-order chi connectivity index (χ0) is 22.1. The van der Waals surface area contributed by atoms with E-state index in [1.165, 1.54) is 17.7 Å². The highest BCUT2D eigenvalue weighted by Crippen LogP contribution is 2.24. The third-order valence-corrected chi connectivity index (χ3v) is 5.62. The van der Waals surface area contributed by atoms with Crippen molar-refractivity contribution in [2.45, 2.75) is 19.8 Å². The second-order valence-electron chi connectivity index (χ2n) is 8.04. The van der Waals surface area contributed by atoms with Crippen LogP contribution in [0.15, 0.2) is 89.9 Å². The van der Waals surface area contributed by atoms with Gasteiger partial charge >= 0.3 is 0 Å². The van der Waals surface area contributed by atoms with Gasteiger partial charge in [0.1, 0.15) is 11.5 Å². The van der Waals surface area contributed by atoms with Gasteiger partial charge in [0, 0.05) is 19.0 Å². The molecule has 0 aliphatic carbocycles. The zero-order valence-corrected chi connectivity index (χ0v) is 17.7. The molecule has 5 heteroatoms. The van der Waals surface area contributed by atoms with E-state index in [9.17, 15) is 9.18 Å². The molecule has 3 aromatic carbocycles. The van der Waals surface area contributed by atoms with Crippen LogP contribution >= 0.6 is 0 Å². The van der Waals surface area contributed by atoms with Crippen LogP contribution in [0, 0.1) is 12.7 Å². The number of nitrogens with zero attached hydrogens (tertiary/aromatic N) is 2. The van der Waals surface area contributed by atoms with Crippen LogP contribution in [-0.4, -0.2) is 14.5 Å². The van der Waals surface area contributed by atoms with Gasteiger partial charge in [-0.2, -0.15) is 0 Å². The summed E-state index contributed by atoms with van der Waals surface area (Å²) < 4.78 is 14.9. The number of halogens is 1. The normalized spacial score (nSPS) is 11.2. The van der Waals surface area contributed by atoms with E-state index in [4.69, 9.17) is 4.98 Å². The van der Waals surface area contributed by atoms with Crippen LogP contribution in [0.4, 0.5) is 4.39 Å². The van der Waals surface area contributed by atoms with E-state index in [0.717, 1.165) is 28.1 Å². The summed E-state index contributed by atoms with van der Waals surface area (Å²) in [7, 11) is 0. The first-order valence-electron chi connectivity index (χ1n) is 10.6. The summed E-state index contributed by atoms with van der Waals surface area (Å²) in [6.45, 7) is 2.05. The van der Waals surface area contributed by atoms with Crippen LogP contribution in [0.5, 0.6) is 0 Å². The molecule has 0 fully saturated rings. The van der Waals surface area contributed by atoms with E-state index >= 15 is 0 Å². The predicted molar refractivity (Wildman–Crippen MR) is 124 cm³/mol. The van der Waals surface area contributed by atoms with Crippen molar-refractivity contribution in [3.63, 3.8) is 0 Å². The molecule has 0 amide bonds. The van der Waals surface area contributed by atoms with E-state index in [0.29, 0.717) is 24.4 Å². The summed E-state index contributed by atoms with van der Waals surface area (Å²) in [6.07, 6.45) is 2.79. The third kappa shape index (κ3) is 3.97. The Balaban J connectivity index is 1.63. The Morgan fingerprint density at radius 1 is 0.875 bits per heavy atom. The minimum Gasteiger partial charge on any atom is -0.354 e. The fraction of sp³-hybridized carbons (Fsp3) is 0.111. The molecule has 32 heavy (non-hydrogen) atoms. The number of imidazole rings is 1. The Kier molecular flexibility index (Phi) is 5.15. The fourth-order valence-corrected chi connectivity index (χ4v) is 3.89. The second-order valence-corrected chi connectivity index (χ2v) is 8.04. The smallest absolute Gasteiger partial charge is 0.278 e. The highest BCUT2D eigenvalue weighted by Gasteiger charge is 2.20. The topological polar surface area (TPSA) is 50.7 Å². The lowest BCUT2D eigenvalue weighted by molar-refractivity contribution is 0.627. The molecule has 0 spiro atoms. The predicted octanol–water partition coefficient (Wildman–Crippen LogP) is 5.29. The molecule has 158 valence electrons. The monoisotopic (exact) mass is 423 g/mol. The Morgan fingerprint density at radius 2 is 1.56 bits per heavy atom. The average Bonchev–Trinajstić information content (AvgIpc) is 3.12. The van der Waals surface area contributed by atoms with E-state index in [1.54, 1.807) is 16.7 Å². The minimum absolute atomic E-state index is 0.152. The number of aryl methyl sites for hydroxylation is 1. The first-order chi connectivity index (χ1) is 15.6. The SMILES string of the molecule is Cc1ccc(-c2cn3c(=O)c(Cc4ccc(F)cc4)nc-3c(Cc3ccccc3)[nH]2)cc1. The van der Waals surface area contributed by atoms with Crippen molar-refractivity contribution in [3.8, 4) is 17.1 Å². The van der Waals surface area contributed by atoms with E-state index in [-0.39, 0.29) is 11.4 Å². The van der Waals surface area contributed by atoms with Gasteiger partial charge in [0.2, 0.25) is 0 Å². The maximum absolute atomic E-state index is 13.3. The van der Waals surface area contributed by atoms with Gasteiger partial charge in [0.15, 0.2) is 5.82 Å². The Labute approximate surface area is 185 Å². The van der Waals surface area contributed by atoms with Crippen LogP contribution < -0.4 is 5.56 Å². The molecule has 2 aliphatic heterocycles. The second kappa shape index (κ2) is 8.27. The van der Waals surface area contributed by atoms with Crippen LogP contribution in [0.3, 0.4) is 0 Å². The van der Waals surface area contributed by atoms with Crippen molar-refractivity contribution in [1.29, 1.82) is 0 Å². The lowest BCUT2D eigenvalue weighted by Gasteiger charge is -2.13. The van der Waals surface area contributed by atoms with Gasteiger partial charge in [-0.05, 0) is 35.7 Å². The van der Waals surface area contributed by atoms with Gasteiger partial charge in [0.25, 0.3) is 5.56 Å². The number of hydrogen-bond acceptors (Lipinski definition) is 2. The zero-order valence-electron chi connectivity index (χ0n) is 17.7. The molecule has 1 N–H and O–H groups in total. The summed E-state index contributed by atoms with van der Waals surface area (Å²) in [6, 6.07) is 24.5. The van der Waals surface area contributed by atoms with Gasteiger partial charge in [-0.15, -0.1) is 0 Å². The molecule has 0 radical (unpaired) electrons. The van der Waals surface area contributed by atoms with Crippen LogP contribution in [-0.2, 0) is 12.8 Å². The highest BCUT2D eigenvalue weighted by molar-refractivity contribution is 5.60. The van der Waals surface area contributed by atoms with Crippen molar-refractivity contribution in [1.82, 2.24) is 14.5 Å². The quantitative estimate of drug-likeness (QED) is 0.417. The van der Waals surface area contributed by atoms with Crippen molar-refractivity contribution in [3.05, 3.63) is 129 Å². The first-order valence-corrected chi connectivity index (χ1v) is 10.6. The summed E-state index contributed by atoms with van der Waals surface area (Å²) in [5.74, 6) is 0.320. The van der Waals surface area contributed by atoms with Crippen molar-refractivity contribution < 1.29 is 4.39 Å². The van der Waals surface area contributed by atoms with Crippen LogP contribution in [0.25, 0.3) is 17.1 Å². The maximum atomic E-state index is 13.3. The Hall–Kier alpha value is -3.99. The molecule has 0 saturated carbocycles. The van der Waals surface area contributed by atoms with Gasteiger partial charge in [-0.3, -0.25) is 9.36 Å². The van der Waals surface area contributed by atoms with E-state index in [1.807, 2.05) is 43.5 Å². The maximum Gasteiger partial charge on any atom is 0.278 e. The lowest BCUT2D eigenvalue weighted by atomic mass is 10.1. The lowest BCUT2D eigenvalue weighted by Crippen LogP contribution is -2.17. The van der Waals surface area contributed by atoms with Crippen molar-refractivity contribution in [2.75, 3.05) is 0 Å². The van der Waals surface area contributed by atoms with Crippen LogP contribution in [0.1, 0.15) is 28.1 Å². The number of fused-ring (bicyclic) bond motifs is 1. The van der Waals surface area contributed by atoms with E-state index < -0.39 is 0 Å². The number of rotatable bonds is 5. The van der Waals surface area contributed by atoms with Gasteiger partial charge < -0.3 is 4.98 Å². The minimum atomic E-state index is -0.298. The van der Waals surface area contributed by atoms with Gasteiger partial charge in [-0.25, -0.2) is 9.37 Å². The molecule has 4 nitrogen and oxygen atoms in total. The third-order valence-electron chi connectivity index (χ3n) is 5.62. The molecule has 3 aromatic rings. The number of nitrogens with one attached hydrogen (secondary N) is 1. The molecular formula is C27H22FN3O. The van der Waals surface area contributed by atoms with Crippen molar-refractivity contribution in [2.24, 2.45) is 0 Å². The number of aromatic nitrogens is 3. The van der Waals surface area contributed by atoms with Gasteiger partial charge in [0.05, 0.1) is 11.4 Å². The molecule has 0 unspecified atom stereocenters. The molecule has 0 atom stereocenters. The van der Waals surface area contributed by atoms with E-state index in [2.05, 4.69) is 29.2 Å². The Morgan fingerprint density at radius 3 is 2.28 bits per heavy atom. The number of benzene rings is 3. The fourth-order valence-electron chi connectivity index (χ4n) is 3.89. The molecule has 2 aliphatic rings. The van der Waals surface area contributed by atoms with Gasteiger partial charge in [-0.1, -0.05) is 72.3 Å². The summed E-state index contributed by atoms with van der Waals surface area (Å²) >= 11 is 0. The molecule has 5 rings (SSSR count). The molecule has 0 bridgehead atoms. The number of hydrogen-bond donors (Lipinski definition) is 1. The molecule has 2 heterocycles. The summed E-state index contributed by atoms with van der Waals surface area (Å²) in [4.78, 5) is 21.5. The number of aromatic amines is 1. The molecular weight excluding hydrogens is 401 g/mol. The summed E-state index contributed by atoms with van der Waals surface area (Å²) in [5, 5.41) is 0. The molecule has 0 aromatic heterocycles. The largest absolute Gasteiger partial charge is 0.354 e. The summed E-state index contributed by atoms with van der Waals surface area (Å²) in [5.41, 5.74) is 6.17. The Bertz CT molecular complexity index is 1380. The van der Waals surface area contributed by atoms with Crippen molar-refractivity contribution >= 4 is 0 Å². The van der Waals surface area contributed by atoms with Crippen LogP contribution in [0.2, 0.25) is 0 Å². The molecule has 0 saturated heterocycles. The first kappa shape index (κ1) is 19.9.